The molecular weight excluding hydrogens is 264 g/mol. The first-order chi connectivity index (χ1) is 10.1. The lowest BCUT2D eigenvalue weighted by molar-refractivity contribution is 0.0691. The third-order valence-corrected chi connectivity index (χ3v) is 3.50. The van der Waals surface area contributed by atoms with Crippen molar-refractivity contribution < 1.29 is 14.6 Å². The molecule has 2 rings (SSSR count). The maximum Gasteiger partial charge on any atom is 0.339 e. The zero-order chi connectivity index (χ0) is 15.2. The van der Waals surface area contributed by atoms with Gasteiger partial charge in [-0.2, -0.15) is 0 Å². The van der Waals surface area contributed by atoms with Crippen LogP contribution in [0, 0.1) is 6.92 Å². The van der Waals surface area contributed by atoms with Gasteiger partial charge in [0, 0.05) is 6.42 Å². The van der Waals surface area contributed by atoms with Gasteiger partial charge in [-0.25, -0.2) is 4.79 Å². The summed E-state index contributed by atoms with van der Waals surface area (Å²) in [6, 6.07) is 13.7. The van der Waals surface area contributed by atoms with Gasteiger partial charge in [0.1, 0.15) is 11.3 Å². The quantitative estimate of drug-likeness (QED) is 0.875. The van der Waals surface area contributed by atoms with Crippen molar-refractivity contribution in [2.75, 3.05) is 6.61 Å². The van der Waals surface area contributed by atoms with E-state index in [4.69, 9.17) is 4.74 Å². The number of hydrogen-bond acceptors (Lipinski definition) is 2. The highest BCUT2D eigenvalue weighted by atomic mass is 16.5. The zero-order valence-electron chi connectivity index (χ0n) is 12.4. The molecule has 110 valence electrons. The predicted octanol–water partition coefficient (Wildman–Crippen LogP) is 3.88. The number of carboxylic acids is 1. The van der Waals surface area contributed by atoms with E-state index < -0.39 is 5.97 Å². The molecule has 0 aliphatic rings. The van der Waals surface area contributed by atoms with Crippen molar-refractivity contribution in [1.29, 1.82) is 0 Å². The highest BCUT2D eigenvalue weighted by Crippen LogP contribution is 2.22. The first-order valence-corrected chi connectivity index (χ1v) is 7.15. The second-order valence-electron chi connectivity index (χ2n) is 5.03. The fourth-order valence-corrected chi connectivity index (χ4v) is 2.32. The third kappa shape index (κ3) is 3.85. The van der Waals surface area contributed by atoms with Crippen molar-refractivity contribution >= 4 is 5.97 Å². The van der Waals surface area contributed by atoms with E-state index in [-0.39, 0.29) is 5.56 Å². The molecule has 0 amide bonds. The standard InChI is InChI=1S/C18H20O3/c1-3-14-7-5-8-15(12-14)10-11-21-16-9-4-6-13(2)17(16)18(19)20/h4-9,12H,3,10-11H2,1-2H3,(H,19,20). The van der Waals surface area contributed by atoms with Crippen LogP contribution < -0.4 is 4.74 Å². The first kappa shape index (κ1) is 15.1. The lowest BCUT2D eigenvalue weighted by Crippen LogP contribution is -2.08. The van der Waals surface area contributed by atoms with Crippen molar-refractivity contribution in [3.8, 4) is 5.75 Å². The second kappa shape index (κ2) is 6.93. The van der Waals surface area contributed by atoms with Gasteiger partial charge in [-0.15, -0.1) is 0 Å². The van der Waals surface area contributed by atoms with E-state index in [2.05, 4.69) is 25.1 Å². The van der Waals surface area contributed by atoms with E-state index in [1.807, 2.05) is 12.1 Å². The molecule has 1 N–H and O–H groups in total. The second-order valence-corrected chi connectivity index (χ2v) is 5.03. The first-order valence-electron chi connectivity index (χ1n) is 7.15. The van der Waals surface area contributed by atoms with Gasteiger partial charge >= 0.3 is 5.97 Å². The lowest BCUT2D eigenvalue weighted by atomic mass is 10.1. The van der Waals surface area contributed by atoms with Gasteiger partial charge in [0.15, 0.2) is 0 Å². The molecule has 0 radical (unpaired) electrons. The molecule has 0 bridgehead atoms. The minimum atomic E-state index is -0.948. The minimum Gasteiger partial charge on any atom is -0.492 e. The largest absolute Gasteiger partial charge is 0.492 e. The van der Waals surface area contributed by atoms with Crippen LogP contribution in [0.5, 0.6) is 5.75 Å². The van der Waals surface area contributed by atoms with Gasteiger partial charge in [-0.1, -0.05) is 43.3 Å². The lowest BCUT2D eigenvalue weighted by Gasteiger charge is -2.11. The molecule has 3 heteroatoms. The molecule has 0 saturated carbocycles. The van der Waals surface area contributed by atoms with E-state index in [9.17, 15) is 9.90 Å². The van der Waals surface area contributed by atoms with Crippen LogP contribution in [0.4, 0.5) is 0 Å². The molecular formula is C18H20O3. The van der Waals surface area contributed by atoms with Crippen LogP contribution in [0.2, 0.25) is 0 Å². The summed E-state index contributed by atoms with van der Waals surface area (Å²) in [5.41, 5.74) is 3.47. The number of carbonyl (C=O) groups is 1. The van der Waals surface area contributed by atoms with Crippen molar-refractivity contribution in [2.24, 2.45) is 0 Å². The predicted molar refractivity (Wildman–Crippen MR) is 83.2 cm³/mol. The van der Waals surface area contributed by atoms with Gasteiger partial charge < -0.3 is 9.84 Å². The summed E-state index contributed by atoms with van der Waals surface area (Å²) in [6.07, 6.45) is 1.77. The topological polar surface area (TPSA) is 46.5 Å². The van der Waals surface area contributed by atoms with Gasteiger partial charge in [0.25, 0.3) is 0 Å². The summed E-state index contributed by atoms with van der Waals surface area (Å²) in [5, 5.41) is 9.25. The number of carboxylic acid groups (broad SMARTS) is 1. The number of ether oxygens (including phenoxy) is 1. The number of hydrogen-bond donors (Lipinski definition) is 1. The SMILES string of the molecule is CCc1cccc(CCOc2cccc(C)c2C(=O)O)c1. The zero-order valence-corrected chi connectivity index (χ0v) is 12.4. The summed E-state index contributed by atoms with van der Waals surface area (Å²) in [6.45, 7) is 4.37. The van der Waals surface area contributed by atoms with E-state index in [1.165, 1.54) is 11.1 Å². The van der Waals surface area contributed by atoms with Gasteiger partial charge in [0.05, 0.1) is 6.61 Å². The highest BCUT2D eigenvalue weighted by molar-refractivity contribution is 5.92. The fraction of sp³-hybridized carbons (Fsp3) is 0.278. The maximum atomic E-state index is 11.3. The van der Waals surface area contributed by atoms with E-state index in [0.717, 1.165) is 12.8 Å². The van der Waals surface area contributed by atoms with Crippen LogP contribution in [-0.4, -0.2) is 17.7 Å². The average Bonchev–Trinajstić information content (AvgIpc) is 2.47. The number of aromatic carboxylic acids is 1. The van der Waals surface area contributed by atoms with Crippen molar-refractivity contribution in [1.82, 2.24) is 0 Å². The van der Waals surface area contributed by atoms with Crippen molar-refractivity contribution in [3.05, 3.63) is 64.7 Å². The van der Waals surface area contributed by atoms with Crippen LogP contribution in [0.1, 0.15) is 34.0 Å². The van der Waals surface area contributed by atoms with Crippen LogP contribution in [0.3, 0.4) is 0 Å². The molecule has 0 heterocycles. The van der Waals surface area contributed by atoms with E-state index in [1.54, 1.807) is 19.1 Å². The van der Waals surface area contributed by atoms with Crippen molar-refractivity contribution in [3.63, 3.8) is 0 Å². The summed E-state index contributed by atoms with van der Waals surface area (Å²) < 4.78 is 5.68. The van der Waals surface area contributed by atoms with Crippen LogP contribution in [0.15, 0.2) is 42.5 Å². The average molecular weight is 284 g/mol. The monoisotopic (exact) mass is 284 g/mol. The van der Waals surface area contributed by atoms with E-state index >= 15 is 0 Å². The smallest absolute Gasteiger partial charge is 0.339 e. The molecule has 0 fully saturated rings. The number of benzene rings is 2. The summed E-state index contributed by atoms with van der Waals surface area (Å²) in [7, 11) is 0. The van der Waals surface area contributed by atoms with Gasteiger partial charge in [-0.05, 0) is 36.1 Å². The Hall–Kier alpha value is -2.29. The van der Waals surface area contributed by atoms with Crippen LogP contribution >= 0.6 is 0 Å². The third-order valence-electron chi connectivity index (χ3n) is 3.50. The Balaban J connectivity index is 2.03. The van der Waals surface area contributed by atoms with Crippen LogP contribution in [-0.2, 0) is 12.8 Å². The van der Waals surface area contributed by atoms with Gasteiger partial charge in [-0.3, -0.25) is 0 Å². The van der Waals surface area contributed by atoms with E-state index in [0.29, 0.717) is 17.9 Å². The normalized spacial score (nSPS) is 10.4. The molecule has 2 aromatic carbocycles. The van der Waals surface area contributed by atoms with Gasteiger partial charge in [0.2, 0.25) is 0 Å². The van der Waals surface area contributed by atoms with Crippen LogP contribution in [0.25, 0.3) is 0 Å². The molecule has 0 saturated heterocycles. The fourth-order valence-electron chi connectivity index (χ4n) is 2.32. The Morgan fingerprint density at radius 3 is 2.57 bits per heavy atom. The Morgan fingerprint density at radius 1 is 1.14 bits per heavy atom. The number of rotatable bonds is 6. The molecule has 2 aromatic rings. The molecule has 0 spiro atoms. The maximum absolute atomic E-state index is 11.3. The molecule has 0 unspecified atom stereocenters. The highest BCUT2D eigenvalue weighted by Gasteiger charge is 2.13. The minimum absolute atomic E-state index is 0.250. The Morgan fingerprint density at radius 2 is 1.86 bits per heavy atom. The van der Waals surface area contributed by atoms with Crippen molar-refractivity contribution in [2.45, 2.75) is 26.7 Å². The summed E-state index contributed by atoms with van der Waals surface area (Å²) >= 11 is 0. The Bertz CT molecular complexity index is 632. The Kier molecular flexibility index (Phi) is 4.99. The summed E-state index contributed by atoms with van der Waals surface area (Å²) in [4.78, 5) is 11.3. The Labute approximate surface area is 125 Å². The number of aryl methyl sites for hydroxylation is 2. The molecule has 0 aliphatic carbocycles. The molecule has 3 nitrogen and oxygen atoms in total. The molecule has 0 aromatic heterocycles. The molecule has 0 atom stereocenters. The molecule has 0 aliphatic heterocycles. The summed E-state index contributed by atoms with van der Waals surface area (Å²) in [5.74, 6) is -0.509. The molecule has 21 heavy (non-hydrogen) atoms.